The van der Waals surface area contributed by atoms with Crippen LogP contribution in [0.5, 0.6) is 0 Å². The first-order valence-electron chi connectivity index (χ1n) is 7.48. The van der Waals surface area contributed by atoms with Gasteiger partial charge in [0.15, 0.2) is 0 Å². The fourth-order valence-electron chi connectivity index (χ4n) is 2.02. The van der Waals surface area contributed by atoms with Crippen molar-refractivity contribution in [1.29, 1.82) is 0 Å². The van der Waals surface area contributed by atoms with E-state index in [2.05, 4.69) is 10.6 Å². The van der Waals surface area contributed by atoms with Gasteiger partial charge in [0.1, 0.15) is 23.2 Å². The van der Waals surface area contributed by atoms with Gasteiger partial charge in [0.2, 0.25) is 5.91 Å². The molecule has 1 rings (SSSR count). The molecule has 1 aromatic carbocycles. The number of carboxylic acid groups (broad SMARTS) is 1. The van der Waals surface area contributed by atoms with Crippen molar-refractivity contribution in [2.24, 2.45) is 5.92 Å². The largest absolute Gasteiger partial charge is 0.481 e. The lowest BCUT2D eigenvalue weighted by Gasteiger charge is -2.22. The maximum atomic E-state index is 13.6. The van der Waals surface area contributed by atoms with Crippen LogP contribution in [-0.2, 0) is 9.59 Å². The molecule has 24 heavy (non-hydrogen) atoms. The van der Waals surface area contributed by atoms with E-state index in [9.17, 15) is 23.2 Å². The summed E-state index contributed by atoms with van der Waals surface area (Å²) >= 11 is 0. The topological polar surface area (TPSA) is 95.5 Å². The molecule has 0 spiro atoms. The number of carboxylic acids is 1. The second-order valence-electron chi connectivity index (χ2n) is 5.58. The van der Waals surface area contributed by atoms with Crippen LogP contribution >= 0.6 is 0 Å². The molecule has 0 saturated carbocycles. The molecule has 0 bridgehead atoms. The average Bonchev–Trinajstić information content (AvgIpc) is 2.48. The van der Waals surface area contributed by atoms with Gasteiger partial charge in [0.05, 0.1) is 0 Å². The highest BCUT2D eigenvalue weighted by atomic mass is 19.1. The Morgan fingerprint density at radius 2 is 1.75 bits per heavy atom. The van der Waals surface area contributed by atoms with Gasteiger partial charge in [-0.25, -0.2) is 8.78 Å². The fourth-order valence-corrected chi connectivity index (χ4v) is 2.02. The standard InChI is InChI=1S/C16H20F2N2O4/c1-9(2)14(16(24)19-8-4-7-12(21)22)20-15(23)13-10(17)5-3-6-11(13)18/h3,5-6,9,14H,4,7-8H2,1-2H3,(H,19,24)(H,20,23)(H,21,22). The van der Waals surface area contributed by atoms with E-state index in [0.29, 0.717) is 0 Å². The van der Waals surface area contributed by atoms with Gasteiger partial charge >= 0.3 is 5.97 Å². The van der Waals surface area contributed by atoms with Crippen molar-refractivity contribution in [2.45, 2.75) is 32.7 Å². The van der Waals surface area contributed by atoms with E-state index in [1.807, 2.05) is 0 Å². The van der Waals surface area contributed by atoms with Crippen LogP contribution in [-0.4, -0.2) is 35.5 Å². The van der Waals surface area contributed by atoms with Crippen molar-refractivity contribution in [1.82, 2.24) is 10.6 Å². The SMILES string of the molecule is CC(C)C(NC(=O)c1c(F)cccc1F)C(=O)NCCCC(=O)O. The molecule has 1 atom stereocenters. The molecule has 0 aliphatic rings. The van der Waals surface area contributed by atoms with Gasteiger partial charge in [-0.1, -0.05) is 19.9 Å². The van der Waals surface area contributed by atoms with Gasteiger partial charge in [0, 0.05) is 13.0 Å². The van der Waals surface area contributed by atoms with Crippen LogP contribution in [0.25, 0.3) is 0 Å². The number of carbonyl (C=O) groups is 3. The second-order valence-corrected chi connectivity index (χ2v) is 5.58. The molecular weight excluding hydrogens is 322 g/mol. The van der Waals surface area contributed by atoms with Gasteiger partial charge in [0.25, 0.3) is 5.91 Å². The zero-order valence-electron chi connectivity index (χ0n) is 13.4. The minimum atomic E-state index is -1.02. The molecule has 6 nitrogen and oxygen atoms in total. The molecule has 0 radical (unpaired) electrons. The Kier molecular flexibility index (Phi) is 7.29. The summed E-state index contributed by atoms with van der Waals surface area (Å²) in [4.78, 5) is 34.6. The van der Waals surface area contributed by atoms with Crippen LogP contribution < -0.4 is 10.6 Å². The number of aliphatic carboxylic acids is 1. The van der Waals surface area contributed by atoms with E-state index in [0.717, 1.165) is 18.2 Å². The average molecular weight is 342 g/mol. The van der Waals surface area contributed by atoms with Crippen molar-refractivity contribution in [3.63, 3.8) is 0 Å². The summed E-state index contributed by atoms with van der Waals surface area (Å²) in [5, 5.41) is 13.3. The third kappa shape index (κ3) is 5.60. The van der Waals surface area contributed by atoms with Gasteiger partial charge in [-0.15, -0.1) is 0 Å². The first kappa shape index (κ1) is 19.5. The molecule has 3 N–H and O–H groups in total. The lowest BCUT2D eigenvalue weighted by Crippen LogP contribution is -2.50. The summed E-state index contributed by atoms with van der Waals surface area (Å²) in [5.41, 5.74) is -0.748. The zero-order valence-corrected chi connectivity index (χ0v) is 13.4. The van der Waals surface area contributed by atoms with Crippen LogP contribution in [0.2, 0.25) is 0 Å². The molecule has 1 unspecified atom stereocenters. The van der Waals surface area contributed by atoms with Crippen molar-refractivity contribution in [3.05, 3.63) is 35.4 Å². The number of nitrogens with one attached hydrogen (secondary N) is 2. The normalized spacial score (nSPS) is 11.9. The molecular formula is C16H20F2N2O4. The van der Waals surface area contributed by atoms with Crippen molar-refractivity contribution >= 4 is 17.8 Å². The predicted octanol–water partition coefficient (Wildman–Crippen LogP) is 1.70. The van der Waals surface area contributed by atoms with Crippen LogP contribution in [0.15, 0.2) is 18.2 Å². The third-order valence-corrected chi connectivity index (χ3v) is 3.29. The van der Waals surface area contributed by atoms with Crippen LogP contribution in [0.3, 0.4) is 0 Å². The molecule has 0 heterocycles. The lowest BCUT2D eigenvalue weighted by atomic mass is 10.0. The van der Waals surface area contributed by atoms with Crippen LogP contribution in [0.4, 0.5) is 8.78 Å². The Hall–Kier alpha value is -2.51. The van der Waals surface area contributed by atoms with Crippen LogP contribution in [0.1, 0.15) is 37.0 Å². The first-order chi connectivity index (χ1) is 11.2. The number of hydrogen-bond donors (Lipinski definition) is 3. The highest BCUT2D eigenvalue weighted by molar-refractivity contribution is 5.98. The molecule has 0 aliphatic carbocycles. The minimum absolute atomic E-state index is 0.0978. The number of halogens is 2. The van der Waals surface area contributed by atoms with E-state index >= 15 is 0 Å². The summed E-state index contributed by atoms with van der Waals surface area (Å²) in [6.45, 7) is 3.46. The highest BCUT2D eigenvalue weighted by Gasteiger charge is 2.27. The molecule has 132 valence electrons. The van der Waals surface area contributed by atoms with Crippen molar-refractivity contribution < 1.29 is 28.3 Å². The van der Waals surface area contributed by atoms with Gasteiger partial charge in [-0.05, 0) is 24.5 Å². The first-order valence-corrected chi connectivity index (χ1v) is 7.48. The molecule has 0 aliphatic heterocycles. The smallest absolute Gasteiger partial charge is 0.303 e. The van der Waals surface area contributed by atoms with E-state index in [4.69, 9.17) is 5.11 Å². The van der Waals surface area contributed by atoms with Crippen LogP contribution in [0, 0.1) is 17.6 Å². The zero-order chi connectivity index (χ0) is 18.3. The van der Waals surface area contributed by atoms with E-state index < -0.39 is 41.0 Å². The van der Waals surface area contributed by atoms with Crippen molar-refractivity contribution in [2.75, 3.05) is 6.54 Å². The summed E-state index contributed by atoms with van der Waals surface area (Å²) in [6.07, 6.45) is 0.140. The predicted molar refractivity (Wildman–Crippen MR) is 82.3 cm³/mol. The Balaban J connectivity index is 2.73. The minimum Gasteiger partial charge on any atom is -0.481 e. The van der Waals surface area contributed by atoms with E-state index in [1.165, 1.54) is 0 Å². The molecule has 8 heteroatoms. The Morgan fingerprint density at radius 3 is 2.25 bits per heavy atom. The Labute approximate surface area is 138 Å². The number of rotatable bonds is 8. The quantitative estimate of drug-likeness (QED) is 0.627. The summed E-state index contributed by atoms with van der Waals surface area (Å²) in [5.74, 6) is -4.91. The summed E-state index contributed by atoms with van der Waals surface area (Å²) < 4.78 is 27.2. The number of hydrogen-bond acceptors (Lipinski definition) is 3. The number of amides is 2. The van der Waals surface area contributed by atoms with Crippen molar-refractivity contribution in [3.8, 4) is 0 Å². The maximum absolute atomic E-state index is 13.6. The highest BCUT2D eigenvalue weighted by Crippen LogP contribution is 2.13. The second kappa shape index (κ2) is 8.95. The third-order valence-electron chi connectivity index (χ3n) is 3.29. The van der Waals surface area contributed by atoms with Gasteiger partial charge < -0.3 is 15.7 Å². The van der Waals surface area contributed by atoms with Gasteiger partial charge in [-0.3, -0.25) is 14.4 Å². The molecule has 1 aromatic rings. The number of benzene rings is 1. The van der Waals surface area contributed by atoms with E-state index in [1.54, 1.807) is 13.8 Å². The van der Waals surface area contributed by atoms with Gasteiger partial charge in [-0.2, -0.15) is 0 Å². The Bertz CT molecular complexity index is 600. The maximum Gasteiger partial charge on any atom is 0.303 e. The molecule has 0 saturated heterocycles. The van der Waals surface area contributed by atoms with E-state index in [-0.39, 0.29) is 25.3 Å². The monoisotopic (exact) mass is 342 g/mol. The summed E-state index contributed by atoms with van der Waals surface area (Å²) in [6, 6.07) is 2.04. The molecule has 2 amide bonds. The summed E-state index contributed by atoms with van der Waals surface area (Å²) in [7, 11) is 0. The molecule has 0 aromatic heterocycles. The molecule has 0 fully saturated rings. The Morgan fingerprint density at radius 1 is 1.17 bits per heavy atom. The lowest BCUT2D eigenvalue weighted by molar-refractivity contribution is -0.137. The number of carbonyl (C=O) groups excluding carboxylic acids is 2. The fraction of sp³-hybridized carbons (Fsp3) is 0.438.